The number of carbonyl (C=O) groups excluding carboxylic acids is 1. The lowest BCUT2D eigenvalue weighted by Gasteiger charge is -2.45. The van der Waals surface area contributed by atoms with Crippen LogP contribution in [0.2, 0.25) is 0 Å². The Labute approximate surface area is 118 Å². The van der Waals surface area contributed by atoms with Crippen molar-refractivity contribution >= 4 is 5.91 Å². The molecule has 3 N–H and O–H groups in total. The molecular weight excluding hydrogens is 238 g/mol. The normalized spacial score (nSPS) is 20.3. The maximum absolute atomic E-state index is 12.1. The molecule has 0 aromatic heterocycles. The van der Waals surface area contributed by atoms with Gasteiger partial charge in [-0.2, -0.15) is 0 Å². The highest BCUT2D eigenvalue weighted by Crippen LogP contribution is 2.32. The second kappa shape index (κ2) is 7.85. The van der Waals surface area contributed by atoms with Crippen LogP contribution in [0.3, 0.4) is 0 Å². The van der Waals surface area contributed by atoms with Crippen molar-refractivity contribution in [3.8, 4) is 0 Å². The topological polar surface area (TPSA) is 58.4 Å². The van der Waals surface area contributed by atoms with E-state index < -0.39 is 0 Å². The van der Waals surface area contributed by atoms with Crippen LogP contribution < -0.4 is 11.1 Å². The molecule has 4 heteroatoms. The van der Waals surface area contributed by atoms with Crippen molar-refractivity contribution < 1.29 is 4.79 Å². The molecule has 1 atom stereocenters. The number of likely N-dealkylation sites (N-methyl/N-ethyl adjacent to an activating group) is 1. The maximum atomic E-state index is 12.1. The van der Waals surface area contributed by atoms with Gasteiger partial charge in [-0.3, -0.25) is 9.69 Å². The van der Waals surface area contributed by atoms with E-state index in [2.05, 4.69) is 24.1 Å². The first-order valence-electron chi connectivity index (χ1n) is 7.82. The van der Waals surface area contributed by atoms with Crippen LogP contribution in [0.15, 0.2) is 0 Å². The van der Waals surface area contributed by atoms with Crippen LogP contribution in [0.25, 0.3) is 0 Å². The van der Waals surface area contributed by atoms with Crippen molar-refractivity contribution in [3.05, 3.63) is 0 Å². The summed E-state index contributed by atoms with van der Waals surface area (Å²) in [5, 5.41) is 3.05. The van der Waals surface area contributed by atoms with Crippen LogP contribution in [0, 0.1) is 0 Å². The van der Waals surface area contributed by atoms with E-state index >= 15 is 0 Å². The fraction of sp³-hybridized carbons (Fsp3) is 0.933. The molecule has 0 heterocycles. The summed E-state index contributed by atoms with van der Waals surface area (Å²) in [5.74, 6) is 0.134. The van der Waals surface area contributed by atoms with Gasteiger partial charge in [-0.05, 0) is 32.7 Å². The van der Waals surface area contributed by atoms with Gasteiger partial charge in [0.2, 0.25) is 5.91 Å². The van der Waals surface area contributed by atoms with E-state index in [-0.39, 0.29) is 17.5 Å². The van der Waals surface area contributed by atoms with Gasteiger partial charge in [0.1, 0.15) is 0 Å². The van der Waals surface area contributed by atoms with Crippen LogP contribution in [0.4, 0.5) is 0 Å². The van der Waals surface area contributed by atoms with Gasteiger partial charge in [0.05, 0.1) is 6.54 Å². The smallest absolute Gasteiger partial charge is 0.234 e. The number of nitrogens with one attached hydrogen (secondary N) is 1. The second-order valence-corrected chi connectivity index (χ2v) is 5.88. The Morgan fingerprint density at radius 2 is 1.95 bits per heavy atom. The fourth-order valence-electron chi connectivity index (χ4n) is 3.07. The van der Waals surface area contributed by atoms with Crippen molar-refractivity contribution in [1.29, 1.82) is 0 Å². The number of rotatable bonds is 7. The lowest BCUT2D eigenvalue weighted by atomic mass is 9.80. The number of amides is 1. The third-order valence-corrected chi connectivity index (χ3v) is 4.57. The Hall–Kier alpha value is -0.610. The molecule has 0 aromatic carbocycles. The summed E-state index contributed by atoms with van der Waals surface area (Å²) in [5.41, 5.74) is 6.10. The summed E-state index contributed by atoms with van der Waals surface area (Å²) in [6.07, 6.45) is 7.02. The van der Waals surface area contributed by atoms with Crippen LogP contribution >= 0.6 is 0 Å². The quantitative estimate of drug-likeness (QED) is 0.742. The molecule has 1 amide bonds. The first kappa shape index (κ1) is 16.4. The molecule has 0 saturated heterocycles. The van der Waals surface area contributed by atoms with Gasteiger partial charge < -0.3 is 11.1 Å². The Morgan fingerprint density at radius 1 is 1.32 bits per heavy atom. The van der Waals surface area contributed by atoms with Crippen molar-refractivity contribution in [2.24, 2.45) is 5.73 Å². The first-order chi connectivity index (χ1) is 9.07. The van der Waals surface area contributed by atoms with E-state index in [1.807, 2.05) is 6.92 Å². The molecule has 1 unspecified atom stereocenters. The Kier molecular flexibility index (Phi) is 6.80. The van der Waals surface area contributed by atoms with Gasteiger partial charge in [-0.25, -0.2) is 0 Å². The van der Waals surface area contributed by atoms with E-state index in [4.69, 9.17) is 5.73 Å². The molecule has 1 rings (SSSR count). The fourth-order valence-corrected chi connectivity index (χ4v) is 3.07. The standard InChI is InChI=1S/C15H31N3O/c1-4-13(3)17-14(19)11-18(5-2)15(12-16)9-7-6-8-10-15/h13H,4-12,16H2,1-3H3,(H,17,19). The molecule has 0 radical (unpaired) electrons. The minimum absolute atomic E-state index is 0.0553. The molecule has 1 aliphatic carbocycles. The molecule has 0 aromatic rings. The van der Waals surface area contributed by atoms with Crippen LogP contribution in [-0.4, -0.2) is 42.0 Å². The van der Waals surface area contributed by atoms with Crippen molar-refractivity contribution in [1.82, 2.24) is 10.2 Å². The van der Waals surface area contributed by atoms with Gasteiger partial charge in [0.25, 0.3) is 0 Å². The summed E-state index contributed by atoms with van der Waals surface area (Å²) < 4.78 is 0. The molecule has 0 bridgehead atoms. The zero-order valence-corrected chi connectivity index (χ0v) is 12.9. The minimum atomic E-state index is 0.0553. The van der Waals surface area contributed by atoms with Gasteiger partial charge >= 0.3 is 0 Å². The Bertz CT molecular complexity index is 275. The number of carbonyl (C=O) groups is 1. The summed E-state index contributed by atoms with van der Waals surface area (Å²) in [6, 6.07) is 0.256. The third-order valence-electron chi connectivity index (χ3n) is 4.57. The van der Waals surface area contributed by atoms with E-state index in [9.17, 15) is 4.79 Å². The van der Waals surface area contributed by atoms with Gasteiger partial charge in [0, 0.05) is 18.1 Å². The maximum Gasteiger partial charge on any atom is 0.234 e. The van der Waals surface area contributed by atoms with E-state index in [1.165, 1.54) is 19.3 Å². The van der Waals surface area contributed by atoms with Gasteiger partial charge in [-0.15, -0.1) is 0 Å². The molecule has 4 nitrogen and oxygen atoms in total. The second-order valence-electron chi connectivity index (χ2n) is 5.88. The summed E-state index contributed by atoms with van der Waals surface area (Å²) in [4.78, 5) is 14.4. The molecule has 0 spiro atoms. The summed E-state index contributed by atoms with van der Waals surface area (Å²) >= 11 is 0. The largest absolute Gasteiger partial charge is 0.353 e. The van der Waals surface area contributed by atoms with Crippen LogP contribution in [-0.2, 0) is 4.79 Å². The molecule has 1 aliphatic rings. The number of nitrogens with zero attached hydrogens (tertiary/aromatic N) is 1. The van der Waals surface area contributed by atoms with Crippen molar-refractivity contribution in [2.45, 2.75) is 70.9 Å². The van der Waals surface area contributed by atoms with E-state index in [1.54, 1.807) is 0 Å². The van der Waals surface area contributed by atoms with Gasteiger partial charge in [-0.1, -0.05) is 33.1 Å². The summed E-state index contributed by atoms with van der Waals surface area (Å²) in [7, 11) is 0. The summed E-state index contributed by atoms with van der Waals surface area (Å²) in [6.45, 7) is 8.31. The molecule has 0 aliphatic heterocycles. The molecule has 112 valence electrons. The minimum Gasteiger partial charge on any atom is -0.353 e. The van der Waals surface area contributed by atoms with E-state index in [0.29, 0.717) is 13.1 Å². The highest BCUT2D eigenvalue weighted by Gasteiger charge is 2.36. The number of hydrogen-bond donors (Lipinski definition) is 2. The number of hydrogen-bond acceptors (Lipinski definition) is 3. The zero-order chi connectivity index (χ0) is 14.3. The van der Waals surface area contributed by atoms with Crippen LogP contribution in [0.1, 0.15) is 59.3 Å². The predicted octanol–water partition coefficient (Wildman–Crippen LogP) is 1.88. The lowest BCUT2D eigenvalue weighted by molar-refractivity contribution is -0.124. The van der Waals surface area contributed by atoms with E-state index in [0.717, 1.165) is 25.8 Å². The molecule has 1 fully saturated rings. The average Bonchev–Trinajstić information content (AvgIpc) is 2.45. The van der Waals surface area contributed by atoms with Gasteiger partial charge in [0.15, 0.2) is 0 Å². The Balaban J connectivity index is 2.62. The van der Waals surface area contributed by atoms with Crippen LogP contribution in [0.5, 0.6) is 0 Å². The average molecular weight is 269 g/mol. The third kappa shape index (κ3) is 4.46. The molecule has 19 heavy (non-hydrogen) atoms. The highest BCUT2D eigenvalue weighted by molar-refractivity contribution is 5.78. The lowest BCUT2D eigenvalue weighted by Crippen LogP contribution is -2.57. The first-order valence-corrected chi connectivity index (χ1v) is 7.82. The SMILES string of the molecule is CCC(C)NC(=O)CN(CC)C1(CN)CCCCC1. The van der Waals surface area contributed by atoms with Crippen molar-refractivity contribution in [2.75, 3.05) is 19.6 Å². The highest BCUT2D eigenvalue weighted by atomic mass is 16.2. The Morgan fingerprint density at radius 3 is 2.42 bits per heavy atom. The molecular formula is C15H31N3O. The monoisotopic (exact) mass is 269 g/mol. The predicted molar refractivity (Wildman–Crippen MR) is 80.0 cm³/mol. The molecule has 1 saturated carbocycles. The zero-order valence-electron chi connectivity index (χ0n) is 12.9. The number of nitrogens with two attached hydrogens (primary N) is 1. The van der Waals surface area contributed by atoms with Crippen molar-refractivity contribution in [3.63, 3.8) is 0 Å².